The maximum atomic E-state index is 4.97. The molecule has 1 aliphatic heterocycles. The average Bonchev–Trinajstić information content (AvgIpc) is 3.03. The van der Waals surface area contributed by atoms with E-state index in [9.17, 15) is 0 Å². The molecule has 0 N–H and O–H groups in total. The summed E-state index contributed by atoms with van der Waals surface area (Å²) in [5, 5.41) is 0. The number of allylic oxidation sites excluding steroid dienone is 2. The van der Waals surface area contributed by atoms with Gasteiger partial charge in [0.2, 0.25) is 0 Å². The smallest absolute Gasteiger partial charge is 0.134 e. The molecule has 2 aliphatic rings. The zero-order chi connectivity index (χ0) is 21.1. The molecule has 1 fully saturated rings. The minimum absolute atomic E-state index is 0.281. The van der Waals surface area contributed by atoms with E-state index in [4.69, 9.17) is 4.98 Å². The lowest BCUT2D eigenvalue weighted by Gasteiger charge is -2.35. The van der Waals surface area contributed by atoms with Crippen LogP contribution in [-0.4, -0.2) is 27.5 Å². The van der Waals surface area contributed by atoms with Gasteiger partial charge in [0.1, 0.15) is 5.82 Å². The Morgan fingerprint density at radius 1 is 1.10 bits per heavy atom. The van der Waals surface area contributed by atoms with E-state index in [1.807, 2.05) is 6.20 Å². The van der Waals surface area contributed by atoms with Gasteiger partial charge in [0.05, 0.1) is 11.7 Å². The van der Waals surface area contributed by atoms with Crippen LogP contribution in [0.15, 0.2) is 54.4 Å². The van der Waals surface area contributed by atoms with Crippen molar-refractivity contribution in [2.45, 2.75) is 71.8 Å². The monoisotopic (exact) mass is 403 g/mol. The summed E-state index contributed by atoms with van der Waals surface area (Å²) in [6, 6.07) is 6.86. The van der Waals surface area contributed by atoms with Crippen molar-refractivity contribution in [1.29, 1.82) is 0 Å². The van der Waals surface area contributed by atoms with Crippen LogP contribution in [0.3, 0.4) is 0 Å². The van der Waals surface area contributed by atoms with Gasteiger partial charge in [0.25, 0.3) is 0 Å². The first-order valence-electron chi connectivity index (χ1n) is 11.7. The number of likely N-dealkylation sites (tertiary alicyclic amines) is 1. The van der Waals surface area contributed by atoms with E-state index >= 15 is 0 Å². The third kappa shape index (κ3) is 4.32. The lowest BCUT2D eigenvalue weighted by Crippen LogP contribution is -2.34. The van der Waals surface area contributed by atoms with Crippen LogP contribution >= 0.6 is 0 Å². The number of hydrogen-bond acceptors (Lipinski definition) is 2. The van der Waals surface area contributed by atoms with Crippen molar-refractivity contribution in [2.75, 3.05) is 13.1 Å². The molecule has 1 saturated heterocycles. The second-order valence-corrected chi connectivity index (χ2v) is 9.35. The van der Waals surface area contributed by atoms with Crippen LogP contribution in [0.5, 0.6) is 0 Å². The van der Waals surface area contributed by atoms with Crippen molar-refractivity contribution < 1.29 is 0 Å². The van der Waals surface area contributed by atoms with Crippen LogP contribution in [0.4, 0.5) is 0 Å². The Balaban J connectivity index is 1.76. The highest BCUT2D eigenvalue weighted by atomic mass is 15.2. The molecule has 2 unspecified atom stereocenters. The van der Waals surface area contributed by atoms with Crippen LogP contribution in [0.25, 0.3) is 5.69 Å². The van der Waals surface area contributed by atoms with Gasteiger partial charge in [-0.2, -0.15) is 0 Å². The number of benzene rings is 1. The third-order valence-corrected chi connectivity index (χ3v) is 7.09. The Morgan fingerprint density at radius 3 is 2.40 bits per heavy atom. The Morgan fingerprint density at radius 2 is 1.80 bits per heavy atom. The number of imidazole rings is 1. The molecule has 2 heterocycles. The summed E-state index contributed by atoms with van der Waals surface area (Å²) < 4.78 is 2.37. The molecule has 0 radical (unpaired) electrons. The molecule has 1 aliphatic carbocycles. The van der Waals surface area contributed by atoms with Gasteiger partial charge >= 0.3 is 0 Å². The van der Waals surface area contributed by atoms with Crippen molar-refractivity contribution in [2.24, 2.45) is 5.92 Å². The summed E-state index contributed by atoms with van der Waals surface area (Å²) >= 11 is 0. The molecular formula is C27H37N3. The summed E-state index contributed by atoms with van der Waals surface area (Å²) in [7, 11) is 0. The number of aromatic nitrogens is 2. The van der Waals surface area contributed by atoms with Crippen molar-refractivity contribution in [1.82, 2.24) is 14.5 Å². The van der Waals surface area contributed by atoms with E-state index in [1.165, 1.54) is 73.4 Å². The van der Waals surface area contributed by atoms with Gasteiger partial charge in [0, 0.05) is 12.4 Å². The van der Waals surface area contributed by atoms with Crippen molar-refractivity contribution in [3.63, 3.8) is 0 Å². The molecule has 3 nitrogen and oxygen atoms in total. The molecular weight excluding hydrogens is 366 g/mol. The van der Waals surface area contributed by atoms with E-state index in [2.05, 4.69) is 67.3 Å². The van der Waals surface area contributed by atoms with E-state index in [0.717, 1.165) is 12.8 Å². The molecule has 0 saturated carbocycles. The molecule has 0 spiro atoms. The zero-order valence-electron chi connectivity index (χ0n) is 19.0. The number of hydrogen-bond donors (Lipinski definition) is 0. The van der Waals surface area contributed by atoms with Crippen LogP contribution in [0.1, 0.15) is 74.9 Å². The Kier molecular flexibility index (Phi) is 6.58. The van der Waals surface area contributed by atoms with Crippen molar-refractivity contribution >= 4 is 0 Å². The Labute approximate surface area is 182 Å². The molecule has 2 aromatic rings. The molecule has 1 aromatic carbocycles. The Hall–Kier alpha value is -2.13. The lowest BCUT2D eigenvalue weighted by molar-refractivity contribution is 0.215. The first-order chi connectivity index (χ1) is 14.6. The highest BCUT2D eigenvalue weighted by molar-refractivity contribution is 5.48. The maximum Gasteiger partial charge on any atom is 0.134 e. The fourth-order valence-corrected chi connectivity index (χ4v) is 5.36. The molecule has 2 atom stereocenters. The SMILES string of the molecule is C=C(C)C1CC=C(C(c2nccn2-c2c(C)cccc2C)N2CCCCCC2)CC1. The fraction of sp³-hybridized carbons (Fsp3) is 0.519. The first kappa shape index (κ1) is 21.1. The van der Waals surface area contributed by atoms with Gasteiger partial charge in [-0.05, 0) is 88.6 Å². The standard InChI is InChI=1S/C27H37N3/c1-20(2)23-12-14-24(15-13-23)26(29-17-7-5-6-8-18-29)27-28-16-19-30(27)25-21(3)10-9-11-22(25)4/h9-11,14,16,19,23,26H,1,5-8,12-13,15,17-18H2,2-4H3. The summed E-state index contributed by atoms with van der Waals surface area (Å²) in [5.41, 5.74) is 6.80. The molecule has 160 valence electrons. The summed E-state index contributed by atoms with van der Waals surface area (Å²) in [4.78, 5) is 7.69. The summed E-state index contributed by atoms with van der Waals surface area (Å²) in [5.74, 6) is 1.83. The zero-order valence-corrected chi connectivity index (χ0v) is 19.0. The predicted molar refractivity (Wildman–Crippen MR) is 126 cm³/mol. The number of para-hydroxylation sites is 1. The van der Waals surface area contributed by atoms with Crippen LogP contribution in [0.2, 0.25) is 0 Å². The van der Waals surface area contributed by atoms with Gasteiger partial charge in [0.15, 0.2) is 0 Å². The minimum Gasteiger partial charge on any atom is -0.302 e. The molecule has 30 heavy (non-hydrogen) atoms. The Bertz CT molecular complexity index is 892. The van der Waals surface area contributed by atoms with Gasteiger partial charge in [-0.15, -0.1) is 0 Å². The minimum atomic E-state index is 0.281. The summed E-state index contributed by atoms with van der Waals surface area (Å²) in [6.07, 6.45) is 15.5. The second kappa shape index (κ2) is 9.34. The normalized spacial score (nSPS) is 21.7. The largest absolute Gasteiger partial charge is 0.302 e. The van der Waals surface area contributed by atoms with E-state index in [0.29, 0.717) is 5.92 Å². The van der Waals surface area contributed by atoms with Crippen molar-refractivity contribution in [3.8, 4) is 5.69 Å². The topological polar surface area (TPSA) is 21.1 Å². The van der Waals surface area contributed by atoms with Gasteiger partial charge < -0.3 is 4.57 Å². The quantitative estimate of drug-likeness (QED) is 0.517. The fourth-order valence-electron chi connectivity index (χ4n) is 5.36. The average molecular weight is 404 g/mol. The van der Waals surface area contributed by atoms with E-state index < -0.39 is 0 Å². The molecule has 0 bridgehead atoms. The van der Waals surface area contributed by atoms with Crippen LogP contribution in [-0.2, 0) is 0 Å². The maximum absolute atomic E-state index is 4.97. The van der Waals surface area contributed by atoms with E-state index in [-0.39, 0.29) is 6.04 Å². The molecule has 0 amide bonds. The molecule has 3 heteroatoms. The first-order valence-corrected chi connectivity index (χ1v) is 11.7. The number of nitrogens with zero attached hydrogens (tertiary/aromatic N) is 3. The van der Waals surface area contributed by atoms with Crippen LogP contribution in [0, 0.1) is 19.8 Å². The number of rotatable bonds is 5. The highest BCUT2D eigenvalue weighted by Crippen LogP contribution is 2.39. The van der Waals surface area contributed by atoms with Gasteiger partial charge in [-0.3, -0.25) is 4.90 Å². The molecule has 4 rings (SSSR count). The van der Waals surface area contributed by atoms with E-state index in [1.54, 1.807) is 5.57 Å². The van der Waals surface area contributed by atoms with Crippen LogP contribution < -0.4 is 0 Å². The van der Waals surface area contributed by atoms with Gasteiger partial charge in [-0.1, -0.05) is 49.3 Å². The summed E-state index contributed by atoms with van der Waals surface area (Å²) in [6.45, 7) is 13.2. The highest BCUT2D eigenvalue weighted by Gasteiger charge is 2.31. The third-order valence-electron chi connectivity index (χ3n) is 7.09. The lowest BCUT2D eigenvalue weighted by atomic mass is 9.82. The number of aryl methyl sites for hydroxylation is 2. The van der Waals surface area contributed by atoms with Gasteiger partial charge in [-0.25, -0.2) is 4.98 Å². The van der Waals surface area contributed by atoms with Crippen molar-refractivity contribution in [3.05, 3.63) is 71.3 Å². The molecule has 1 aromatic heterocycles. The second-order valence-electron chi connectivity index (χ2n) is 9.35. The predicted octanol–water partition coefficient (Wildman–Crippen LogP) is 6.71.